The van der Waals surface area contributed by atoms with E-state index in [-0.39, 0.29) is 23.7 Å². The van der Waals surface area contributed by atoms with Gasteiger partial charge in [-0.15, -0.1) is 0 Å². The normalized spacial score (nSPS) is 35.4. The largest absolute Gasteiger partial charge is 0.508 e. The van der Waals surface area contributed by atoms with Crippen molar-refractivity contribution < 1.29 is 24.2 Å². The van der Waals surface area contributed by atoms with E-state index >= 15 is 0 Å². The van der Waals surface area contributed by atoms with E-state index in [1.807, 2.05) is 12.1 Å². The molecule has 0 aromatic heterocycles. The number of hydrogen-bond donors (Lipinski definition) is 1. The summed E-state index contributed by atoms with van der Waals surface area (Å²) in [5, 5.41) is 9.78. The van der Waals surface area contributed by atoms with Gasteiger partial charge in [-0.05, 0) is 79.0 Å². The molecule has 2 fully saturated rings. The summed E-state index contributed by atoms with van der Waals surface area (Å²) in [5.74, 6) is 0.934. The molecular formula is C21H25FO4. The van der Waals surface area contributed by atoms with E-state index in [0.717, 1.165) is 25.7 Å². The highest BCUT2D eigenvalue weighted by Crippen LogP contribution is 2.62. The molecule has 1 N–H and O–H groups in total. The predicted octanol–water partition coefficient (Wildman–Crippen LogP) is 4.25. The van der Waals surface area contributed by atoms with Gasteiger partial charge in [0.1, 0.15) is 11.5 Å². The topological polar surface area (TPSA) is 63.6 Å². The molecule has 3 aliphatic rings. The molecule has 3 aliphatic carbocycles. The first-order chi connectivity index (χ1) is 12.4. The fraction of sp³-hybridized carbons (Fsp3) is 0.619. The Morgan fingerprint density at radius 1 is 1.38 bits per heavy atom. The number of carbonyl (C=O) groups excluding carboxylic acids is 2. The molecule has 2 saturated carbocycles. The van der Waals surface area contributed by atoms with Crippen LogP contribution in [-0.2, 0) is 21.0 Å². The number of benzene rings is 1. The zero-order valence-corrected chi connectivity index (χ0v) is 15.0. The highest BCUT2D eigenvalue weighted by molar-refractivity contribution is 5.87. The van der Waals surface area contributed by atoms with Crippen LogP contribution in [0, 0.1) is 23.2 Å². The second-order valence-electron chi connectivity index (χ2n) is 8.55. The average molecular weight is 360 g/mol. The average Bonchev–Trinajstić information content (AvgIpc) is 2.89. The molecule has 1 aromatic rings. The minimum absolute atomic E-state index is 0.0306. The van der Waals surface area contributed by atoms with Crippen molar-refractivity contribution in [3.05, 3.63) is 29.3 Å². The van der Waals surface area contributed by atoms with Gasteiger partial charge >= 0.3 is 5.97 Å². The summed E-state index contributed by atoms with van der Waals surface area (Å²) in [4.78, 5) is 27.4. The number of hydrogen-bond acceptors (Lipinski definition) is 4. The maximum absolute atomic E-state index is 12.8. The van der Waals surface area contributed by atoms with Crippen molar-refractivity contribution in [1.82, 2.24) is 0 Å². The van der Waals surface area contributed by atoms with Gasteiger partial charge in [-0.3, -0.25) is 9.74 Å². The lowest BCUT2D eigenvalue weighted by molar-refractivity contribution is -0.184. The van der Waals surface area contributed by atoms with Crippen LogP contribution in [0.1, 0.15) is 62.5 Å². The zero-order chi connectivity index (χ0) is 18.5. The lowest BCUT2D eigenvalue weighted by Gasteiger charge is -2.50. The molecule has 1 aromatic carbocycles. The van der Waals surface area contributed by atoms with Crippen molar-refractivity contribution >= 4 is 11.8 Å². The lowest BCUT2D eigenvalue weighted by atomic mass is 9.54. The van der Waals surface area contributed by atoms with Crippen molar-refractivity contribution in [3.8, 4) is 5.75 Å². The van der Waals surface area contributed by atoms with Crippen LogP contribution in [0.4, 0.5) is 4.53 Å². The molecule has 0 amide bonds. The summed E-state index contributed by atoms with van der Waals surface area (Å²) >= 11 is 0. The number of phenols is 1. The SMILES string of the molecule is CC12CCC3c4ccc(O)cc4CCC3C1C(CCC(=O)OF)CC2=O. The van der Waals surface area contributed by atoms with Crippen LogP contribution in [0.3, 0.4) is 0 Å². The Labute approximate surface area is 152 Å². The molecule has 26 heavy (non-hydrogen) atoms. The number of rotatable bonds is 3. The van der Waals surface area contributed by atoms with Gasteiger partial charge in [-0.25, -0.2) is 4.79 Å². The second-order valence-corrected chi connectivity index (χ2v) is 8.55. The van der Waals surface area contributed by atoms with E-state index < -0.39 is 5.97 Å². The number of ketones is 1. The third-order valence-corrected chi connectivity index (χ3v) is 7.36. The van der Waals surface area contributed by atoms with Gasteiger partial charge in [0.2, 0.25) is 0 Å². The minimum atomic E-state index is -0.845. The number of aryl methyl sites for hydroxylation is 1. The molecule has 0 radical (unpaired) electrons. The Hall–Kier alpha value is -1.91. The van der Waals surface area contributed by atoms with Gasteiger partial charge in [-0.1, -0.05) is 13.0 Å². The van der Waals surface area contributed by atoms with E-state index in [1.165, 1.54) is 11.1 Å². The first-order valence-corrected chi connectivity index (χ1v) is 9.60. The number of carbonyl (C=O) groups is 2. The smallest absolute Gasteiger partial charge is 0.348 e. The van der Waals surface area contributed by atoms with Gasteiger partial charge in [0, 0.05) is 22.8 Å². The standard InChI is InChI=1S/C21H25FO4/c1-21-9-8-16-15-6-4-14(23)10-12(15)2-5-17(16)20(21)13(11-18(21)24)3-7-19(25)26-22/h4,6,10,13,16-17,20,23H,2-3,5,7-9,11H2,1H3. The summed E-state index contributed by atoms with van der Waals surface area (Å²) in [6.07, 6.45) is 4.79. The predicted molar refractivity (Wildman–Crippen MR) is 93.0 cm³/mol. The second kappa shape index (κ2) is 6.36. The fourth-order valence-corrected chi connectivity index (χ4v) is 6.24. The summed E-state index contributed by atoms with van der Waals surface area (Å²) in [7, 11) is 0. The quantitative estimate of drug-likeness (QED) is 0.875. The van der Waals surface area contributed by atoms with Crippen molar-refractivity contribution in [2.45, 2.75) is 57.8 Å². The molecule has 0 saturated heterocycles. The molecule has 0 bridgehead atoms. The van der Waals surface area contributed by atoms with Gasteiger partial charge < -0.3 is 5.11 Å². The Balaban J connectivity index is 1.63. The van der Waals surface area contributed by atoms with Gasteiger partial charge in [0.15, 0.2) is 0 Å². The third-order valence-electron chi connectivity index (χ3n) is 7.36. The first kappa shape index (κ1) is 17.5. The maximum atomic E-state index is 12.8. The minimum Gasteiger partial charge on any atom is -0.508 e. The van der Waals surface area contributed by atoms with Crippen LogP contribution in [0.15, 0.2) is 18.2 Å². The highest BCUT2D eigenvalue weighted by atomic mass is 19.3. The molecule has 5 atom stereocenters. The van der Waals surface area contributed by atoms with Crippen molar-refractivity contribution in [1.29, 1.82) is 0 Å². The molecular weight excluding hydrogens is 335 g/mol. The van der Waals surface area contributed by atoms with Gasteiger partial charge in [0.25, 0.3) is 0 Å². The lowest BCUT2D eigenvalue weighted by Crippen LogP contribution is -2.44. The Morgan fingerprint density at radius 3 is 2.96 bits per heavy atom. The Bertz CT molecular complexity index is 746. The van der Waals surface area contributed by atoms with Gasteiger partial charge in [0.05, 0.1) is 0 Å². The number of Topliss-reactive ketones (excluding diaryl/α,β-unsaturated/α-hetero) is 1. The molecule has 0 spiro atoms. The molecule has 0 heterocycles. The summed E-state index contributed by atoms with van der Waals surface area (Å²) in [6, 6.07) is 5.66. The van der Waals surface area contributed by atoms with Crippen molar-refractivity contribution in [2.24, 2.45) is 23.2 Å². The molecule has 4 rings (SSSR count). The molecule has 140 valence electrons. The van der Waals surface area contributed by atoms with Crippen LogP contribution in [0.5, 0.6) is 5.75 Å². The van der Waals surface area contributed by atoms with Crippen LogP contribution >= 0.6 is 0 Å². The summed E-state index contributed by atoms with van der Waals surface area (Å²) in [5.41, 5.74) is 2.21. The first-order valence-electron chi connectivity index (χ1n) is 9.60. The maximum Gasteiger partial charge on any atom is 0.348 e. The zero-order valence-electron chi connectivity index (χ0n) is 15.0. The highest BCUT2D eigenvalue weighted by Gasteiger charge is 2.58. The van der Waals surface area contributed by atoms with Crippen LogP contribution in [-0.4, -0.2) is 16.9 Å². The monoisotopic (exact) mass is 360 g/mol. The molecule has 0 aliphatic heterocycles. The van der Waals surface area contributed by atoms with E-state index in [4.69, 9.17) is 0 Å². The number of phenolic OH excluding ortho intramolecular Hbond substituents is 1. The van der Waals surface area contributed by atoms with Crippen molar-refractivity contribution in [3.63, 3.8) is 0 Å². The summed E-state index contributed by atoms with van der Waals surface area (Å²) in [6.45, 7) is 2.09. The fourth-order valence-electron chi connectivity index (χ4n) is 6.24. The molecule has 5 heteroatoms. The van der Waals surface area contributed by atoms with E-state index in [9.17, 15) is 19.2 Å². The molecule has 4 nitrogen and oxygen atoms in total. The molecule has 5 unspecified atom stereocenters. The van der Waals surface area contributed by atoms with Crippen LogP contribution in [0.25, 0.3) is 0 Å². The number of halogens is 1. The third kappa shape index (κ3) is 2.63. The van der Waals surface area contributed by atoms with Crippen molar-refractivity contribution in [2.75, 3.05) is 0 Å². The number of aromatic hydroxyl groups is 1. The van der Waals surface area contributed by atoms with E-state index in [1.54, 1.807) is 6.07 Å². The van der Waals surface area contributed by atoms with Gasteiger partial charge in [-0.2, -0.15) is 0 Å². The Kier molecular flexibility index (Phi) is 4.28. The number of fused-ring (bicyclic) bond motifs is 5. The van der Waals surface area contributed by atoms with Crippen LogP contribution < -0.4 is 0 Å². The van der Waals surface area contributed by atoms with Crippen LogP contribution in [0.2, 0.25) is 0 Å². The van der Waals surface area contributed by atoms with E-state index in [2.05, 4.69) is 11.9 Å². The van der Waals surface area contributed by atoms with E-state index in [0.29, 0.717) is 36.2 Å². The summed E-state index contributed by atoms with van der Waals surface area (Å²) < 4.78 is 12.1. The Morgan fingerprint density at radius 2 is 2.19 bits per heavy atom.